The molecule has 0 unspecified atom stereocenters. The highest BCUT2D eigenvalue weighted by Gasteiger charge is 2.19. The van der Waals surface area contributed by atoms with Crippen molar-refractivity contribution in [3.05, 3.63) is 65.6 Å². The van der Waals surface area contributed by atoms with Gasteiger partial charge in [-0.2, -0.15) is 8.78 Å². The number of nitrogens with zero attached hydrogens (tertiary/aromatic N) is 3. The fourth-order valence-corrected chi connectivity index (χ4v) is 2.45. The minimum atomic E-state index is -2.93. The second-order valence-corrected chi connectivity index (χ2v) is 5.64. The molecule has 2 aromatic carbocycles. The molecule has 3 aromatic rings. The third-order valence-electron chi connectivity index (χ3n) is 3.76. The molecule has 0 N–H and O–H groups in total. The summed E-state index contributed by atoms with van der Waals surface area (Å²) in [5, 5.41) is 6.64. The number of benzene rings is 2. The zero-order valence-corrected chi connectivity index (χ0v) is 14.0. The molecule has 9 heteroatoms. The van der Waals surface area contributed by atoms with E-state index in [2.05, 4.69) is 10.2 Å². The van der Waals surface area contributed by atoms with E-state index in [1.165, 1.54) is 42.2 Å². The maximum atomic E-state index is 14.5. The van der Waals surface area contributed by atoms with Crippen LogP contribution in [0.25, 0.3) is 11.5 Å². The van der Waals surface area contributed by atoms with Crippen molar-refractivity contribution in [1.29, 1.82) is 0 Å². The molecule has 0 atom stereocenters. The third-order valence-corrected chi connectivity index (χ3v) is 3.76. The van der Waals surface area contributed by atoms with Gasteiger partial charge in [0.2, 0.25) is 11.8 Å². The van der Waals surface area contributed by atoms with Crippen LogP contribution in [0, 0.1) is 11.6 Å². The normalized spacial score (nSPS) is 11.0. The minimum Gasteiger partial charge on any atom is -0.415 e. The van der Waals surface area contributed by atoms with Crippen LogP contribution < -0.4 is 4.90 Å². The van der Waals surface area contributed by atoms with Gasteiger partial charge in [-0.15, -0.1) is 10.2 Å². The quantitative estimate of drug-likeness (QED) is 0.612. The van der Waals surface area contributed by atoms with Gasteiger partial charge in [0.15, 0.2) is 0 Å². The van der Waals surface area contributed by atoms with Crippen molar-refractivity contribution >= 4 is 11.6 Å². The Balaban J connectivity index is 1.87. The first kappa shape index (κ1) is 18.6. The zero-order chi connectivity index (χ0) is 19.6. The van der Waals surface area contributed by atoms with E-state index in [0.717, 1.165) is 12.1 Å². The molecule has 1 heterocycles. The van der Waals surface area contributed by atoms with Gasteiger partial charge in [0.25, 0.3) is 5.89 Å². The molecule has 0 saturated carbocycles. The minimum absolute atomic E-state index is 0.121. The average Bonchev–Trinajstić information content (AvgIpc) is 3.10. The number of carbonyl (C=O) groups is 1. The largest absolute Gasteiger partial charge is 0.415 e. The Morgan fingerprint density at radius 3 is 2.52 bits per heavy atom. The van der Waals surface area contributed by atoms with Crippen LogP contribution in [0.4, 0.5) is 23.2 Å². The molecule has 0 aliphatic heterocycles. The van der Waals surface area contributed by atoms with Crippen molar-refractivity contribution in [2.45, 2.75) is 19.9 Å². The van der Waals surface area contributed by atoms with Crippen LogP contribution in [-0.4, -0.2) is 16.1 Å². The molecule has 27 heavy (non-hydrogen) atoms. The molecule has 1 aromatic heterocycles. The van der Waals surface area contributed by atoms with Crippen LogP contribution in [-0.2, 0) is 11.3 Å². The number of anilines is 1. The molecule has 0 fully saturated rings. The molecule has 0 bridgehead atoms. The number of amides is 1. The summed E-state index contributed by atoms with van der Waals surface area (Å²) < 4.78 is 57.7. The lowest BCUT2D eigenvalue weighted by Gasteiger charge is -2.21. The first-order chi connectivity index (χ1) is 12.8. The van der Waals surface area contributed by atoms with Gasteiger partial charge < -0.3 is 9.32 Å². The molecule has 1 amide bonds. The Hall–Kier alpha value is -3.23. The second-order valence-electron chi connectivity index (χ2n) is 5.64. The standard InChI is InChI=1S/C18H13F4N3O2/c1-10(26)25(14-4-2-3-13(19)8-14)9-12-6-5-11(7-15(12)20)17-23-24-18(27-17)16(21)22/h2-8,16H,9H2,1H3. The van der Waals surface area contributed by atoms with Gasteiger partial charge in [0.05, 0.1) is 6.54 Å². The first-order valence-corrected chi connectivity index (χ1v) is 7.79. The predicted octanol–water partition coefficient (Wildman–Crippen LogP) is 4.51. The van der Waals surface area contributed by atoms with Crippen LogP contribution in [0.5, 0.6) is 0 Å². The summed E-state index contributed by atoms with van der Waals surface area (Å²) in [5.74, 6) is -2.73. The third kappa shape index (κ3) is 4.13. The Kier molecular flexibility index (Phi) is 5.20. The van der Waals surface area contributed by atoms with E-state index < -0.39 is 29.9 Å². The molecule has 0 saturated heterocycles. The van der Waals surface area contributed by atoms with Crippen LogP contribution in [0.3, 0.4) is 0 Å². The van der Waals surface area contributed by atoms with Crippen molar-refractivity contribution in [1.82, 2.24) is 10.2 Å². The molecule has 3 rings (SSSR count). The van der Waals surface area contributed by atoms with Crippen molar-refractivity contribution in [2.24, 2.45) is 0 Å². The lowest BCUT2D eigenvalue weighted by molar-refractivity contribution is -0.116. The predicted molar refractivity (Wildman–Crippen MR) is 87.9 cm³/mol. The lowest BCUT2D eigenvalue weighted by Crippen LogP contribution is -2.28. The molecule has 0 radical (unpaired) electrons. The number of halogens is 4. The SMILES string of the molecule is CC(=O)N(Cc1ccc(-c2nnc(C(F)F)o2)cc1F)c1cccc(F)c1. The van der Waals surface area contributed by atoms with Crippen LogP contribution >= 0.6 is 0 Å². The average molecular weight is 379 g/mol. The number of hydrogen-bond acceptors (Lipinski definition) is 4. The molecular weight excluding hydrogens is 366 g/mol. The van der Waals surface area contributed by atoms with Gasteiger partial charge >= 0.3 is 6.43 Å². The van der Waals surface area contributed by atoms with Gasteiger partial charge in [-0.05, 0) is 30.3 Å². The van der Waals surface area contributed by atoms with Crippen molar-refractivity contribution in [2.75, 3.05) is 4.90 Å². The molecule has 0 aliphatic carbocycles. The van der Waals surface area contributed by atoms with Gasteiger partial charge in [-0.3, -0.25) is 4.79 Å². The van der Waals surface area contributed by atoms with Gasteiger partial charge in [0, 0.05) is 23.7 Å². The van der Waals surface area contributed by atoms with Gasteiger partial charge in [0.1, 0.15) is 11.6 Å². The summed E-state index contributed by atoms with van der Waals surface area (Å²) in [5.41, 5.74) is 0.548. The topological polar surface area (TPSA) is 59.2 Å². The Labute approximate surface area is 151 Å². The van der Waals surface area contributed by atoms with Gasteiger partial charge in [-0.1, -0.05) is 12.1 Å². The van der Waals surface area contributed by atoms with E-state index in [1.54, 1.807) is 0 Å². The molecule has 5 nitrogen and oxygen atoms in total. The smallest absolute Gasteiger partial charge is 0.314 e. The highest BCUT2D eigenvalue weighted by molar-refractivity contribution is 5.91. The van der Waals surface area contributed by atoms with E-state index in [-0.39, 0.29) is 29.2 Å². The summed E-state index contributed by atoms with van der Waals surface area (Å²) in [4.78, 5) is 13.1. The van der Waals surface area contributed by atoms with E-state index >= 15 is 0 Å². The summed E-state index contributed by atoms with van der Waals surface area (Å²) in [7, 11) is 0. The summed E-state index contributed by atoms with van der Waals surface area (Å²) in [6.07, 6.45) is -2.93. The lowest BCUT2D eigenvalue weighted by atomic mass is 10.1. The van der Waals surface area contributed by atoms with E-state index in [4.69, 9.17) is 4.42 Å². The van der Waals surface area contributed by atoms with Crippen molar-refractivity contribution < 1.29 is 26.8 Å². The summed E-state index contributed by atoms with van der Waals surface area (Å²) in [6.45, 7) is 1.14. The van der Waals surface area contributed by atoms with E-state index in [1.807, 2.05) is 0 Å². The zero-order valence-electron chi connectivity index (χ0n) is 14.0. The molecule has 140 valence electrons. The number of alkyl halides is 2. The van der Waals surface area contributed by atoms with Crippen LogP contribution in [0.1, 0.15) is 24.8 Å². The highest BCUT2D eigenvalue weighted by atomic mass is 19.3. The first-order valence-electron chi connectivity index (χ1n) is 7.79. The van der Waals surface area contributed by atoms with Crippen molar-refractivity contribution in [3.63, 3.8) is 0 Å². The van der Waals surface area contributed by atoms with Crippen molar-refractivity contribution in [3.8, 4) is 11.5 Å². The molecule has 0 spiro atoms. The van der Waals surface area contributed by atoms with E-state index in [9.17, 15) is 22.4 Å². The number of carbonyl (C=O) groups excluding carboxylic acids is 1. The Bertz CT molecular complexity index is 975. The maximum absolute atomic E-state index is 14.5. The van der Waals surface area contributed by atoms with E-state index in [0.29, 0.717) is 0 Å². The summed E-state index contributed by atoms with van der Waals surface area (Å²) >= 11 is 0. The fraction of sp³-hybridized carbons (Fsp3) is 0.167. The number of aromatic nitrogens is 2. The Morgan fingerprint density at radius 2 is 1.93 bits per heavy atom. The number of hydrogen-bond donors (Lipinski definition) is 0. The number of rotatable bonds is 5. The van der Waals surface area contributed by atoms with Crippen LogP contribution in [0.2, 0.25) is 0 Å². The van der Waals surface area contributed by atoms with Gasteiger partial charge in [-0.25, -0.2) is 8.78 Å². The summed E-state index contributed by atoms with van der Waals surface area (Å²) in [6, 6.07) is 9.18. The van der Waals surface area contributed by atoms with Crippen LogP contribution in [0.15, 0.2) is 46.9 Å². The Morgan fingerprint density at radius 1 is 1.15 bits per heavy atom. The second kappa shape index (κ2) is 7.56. The molecular formula is C18H13F4N3O2. The monoisotopic (exact) mass is 379 g/mol. The maximum Gasteiger partial charge on any atom is 0.314 e. The fourth-order valence-electron chi connectivity index (χ4n) is 2.45. The molecule has 0 aliphatic rings. The highest BCUT2D eigenvalue weighted by Crippen LogP contribution is 2.26.